The van der Waals surface area contributed by atoms with Gasteiger partial charge in [-0.25, -0.2) is 4.79 Å². The molecule has 0 unspecified atom stereocenters. The van der Waals surface area contributed by atoms with E-state index in [1.165, 1.54) is 38.5 Å². The van der Waals surface area contributed by atoms with Crippen LogP contribution in [0.3, 0.4) is 0 Å². The molecular formula is C20H26N2O2. The van der Waals surface area contributed by atoms with E-state index in [1.807, 2.05) is 30.3 Å². The molecule has 0 atom stereocenters. The number of ether oxygens (including phenoxy) is 1. The molecule has 4 bridgehead atoms. The van der Waals surface area contributed by atoms with E-state index in [0.29, 0.717) is 0 Å². The van der Waals surface area contributed by atoms with Gasteiger partial charge in [-0.3, -0.25) is 0 Å². The molecule has 0 aliphatic heterocycles. The van der Waals surface area contributed by atoms with Crippen molar-refractivity contribution in [3.05, 3.63) is 36.0 Å². The highest BCUT2D eigenvalue weighted by Crippen LogP contribution is 2.55. The monoisotopic (exact) mass is 326 g/mol. The number of urea groups is 1. The van der Waals surface area contributed by atoms with E-state index < -0.39 is 0 Å². The number of carbonyl (C=O) groups excluding carboxylic acids is 1. The third-order valence-electron chi connectivity index (χ3n) is 6.00. The number of rotatable bonds is 4. The molecule has 1 aromatic rings. The lowest BCUT2D eigenvalue weighted by Gasteiger charge is -2.56. The molecule has 4 saturated carbocycles. The topological polar surface area (TPSA) is 50.4 Å². The first-order valence-corrected chi connectivity index (χ1v) is 9.03. The van der Waals surface area contributed by atoms with Crippen molar-refractivity contribution in [2.75, 3.05) is 7.11 Å². The van der Waals surface area contributed by atoms with E-state index in [2.05, 4.69) is 10.6 Å². The minimum atomic E-state index is -0.0731. The van der Waals surface area contributed by atoms with Gasteiger partial charge in [0, 0.05) is 11.7 Å². The summed E-state index contributed by atoms with van der Waals surface area (Å²) >= 11 is 0. The van der Waals surface area contributed by atoms with E-state index in [4.69, 9.17) is 4.74 Å². The van der Waals surface area contributed by atoms with Crippen LogP contribution in [0.15, 0.2) is 30.5 Å². The zero-order valence-corrected chi connectivity index (χ0v) is 14.3. The van der Waals surface area contributed by atoms with Gasteiger partial charge in [0.1, 0.15) is 5.75 Å². The summed E-state index contributed by atoms with van der Waals surface area (Å²) < 4.78 is 5.21. The number of hydrogen-bond donors (Lipinski definition) is 2. The Labute approximate surface area is 143 Å². The zero-order valence-electron chi connectivity index (χ0n) is 14.3. The fourth-order valence-corrected chi connectivity index (χ4v) is 5.50. The number of methoxy groups -OCH3 is 1. The molecule has 5 rings (SSSR count). The lowest BCUT2D eigenvalue weighted by Crippen LogP contribution is -2.61. The van der Waals surface area contributed by atoms with Crippen LogP contribution in [0.5, 0.6) is 5.75 Å². The predicted molar refractivity (Wildman–Crippen MR) is 94.6 cm³/mol. The fourth-order valence-electron chi connectivity index (χ4n) is 5.50. The van der Waals surface area contributed by atoms with Crippen LogP contribution in [-0.2, 0) is 0 Å². The summed E-state index contributed by atoms with van der Waals surface area (Å²) in [4.78, 5) is 12.3. The smallest absolute Gasteiger partial charge is 0.319 e. The normalized spacial score (nSPS) is 33.6. The summed E-state index contributed by atoms with van der Waals surface area (Å²) in [6, 6.07) is 7.70. The van der Waals surface area contributed by atoms with E-state index >= 15 is 0 Å². The third kappa shape index (κ3) is 3.14. The maximum Gasteiger partial charge on any atom is 0.319 e. The quantitative estimate of drug-likeness (QED) is 0.880. The Balaban J connectivity index is 1.34. The van der Waals surface area contributed by atoms with Crippen molar-refractivity contribution in [2.24, 2.45) is 17.8 Å². The lowest BCUT2D eigenvalue weighted by atomic mass is 9.53. The maximum absolute atomic E-state index is 12.3. The Morgan fingerprint density at radius 3 is 2.46 bits per heavy atom. The number of amides is 2. The highest BCUT2D eigenvalue weighted by atomic mass is 16.5. The summed E-state index contributed by atoms with van der Waals surface area (Å²) in [5, 5.41) is 6.18. The molecule has 4 aliphatic rings. The molecule has 4 nitrogen and oxygen atoms in total. The Hall–Kier alpha value is -1.97. The molecule has 4 fully saturated rings. The Kier molecular flexibility index (Phi) is 3.99. The first kappa shape index (κ1) is 15.6. The highest BCUT2D eigenvalue weighted by molar-refractivity contribution is 5.77. The minimum Gasteiger partial charge on any atom is -0.497 e. The van der Waals surface area contributed by atoms with Crippen LogP contribution >= 0.6 is 0 Å². The SMILES string of the molecule is COc1cccc(/C=C/NC(=O)NC23CC4CC(CC(C4)C2)C3)c1. The molecule has 2 N–H and O–H groups in total. The van der Waals surface area contributed by atoms with Gasteiger partial charge in [-0.05, 0) is 80.1 Å². The number of benzene rings is 1. The molecule has 1 aromatic carbocycles. The van der Waals surface area contributed by atoms with Crippen molar-refractivity contribution in [3.8, 4) is 5.75 Å². The van der Waals surface area contributed by atoms with Crippen LogP contribution < -0.4 is 15.4 Å². The molecule has 0 aromatic heterocycles. The van der Waals surface area contributed by atoms with E-state index in [1.54, 1.807) is 13.3 Å². The van der Waals surface area contributed by atoms with Crippen molar-refractivity contribution < 1.29 is 9.53 Å². The summed E-state index contributed by atoms with van der Waals surface area (Å²) in [5.41, 5.74) is 1.06. The summed E-state index contributed by atoms with van der Waals surface area (Å²) in [6.45, 7) is 0. The van der Waals surface area contributed by atoms with Gasteiger partial charge in [0.2, 0.25) is 0 Å². The molecule has 4 aliphatic carbocycles. The zero-order chi connectivity index (χ0) is 16.6. The largest absolute Gasteiger partial charge is 0.497 e. The average Bonchev–Trinajstić information content (AvgIpc) is 2.53. The standard InChI is InChI=1S/C20H26N2O2/c1-24-18-4-2-3-14(10-18)5-6-21-19(23)22-20-11-15-7-16(12-20)9-17(8-15)13-20/h2-6,10,15-17H,7-9,11-13H2,1H3,(H2,21,22,23)/b6-5+. The first-order chi connectivity index (χ1) is 11.6. The first-order valence-electron chi connectivity index (χ1n) is 9.03. The van der Waals surface area contributed by atoms with Crippen LogP contribution in [0.4, 0.5) is 4.79 Å². The van der Waals surface area contributed by atoms with Gasteiger partial charge in [-0.2, -0.15) is 0 Å². The molecule has 2 amide bonds. The number of carbonyl (C=O) groups is 1. The van der Waals surface area contributed by atoms with Crippen molar-refractivity contribution in [3.63, 3.8) is 0 Å². The summed E-state index contributed by atoms with van der Waals surface area (Å²) in [6.07, 6.45) is 11.3. The third-order valence-corrected chi connectivity index (χ3v) is 6.00. The van der Waals surface area contributed by atoms with Crippen molar-refractivity contribution in [2.45, 2.75) is 44.1 Å². The van der Waals surface area contributed by atoms with Crippen molar-refractivity contribution >= 4 is 12.1 Å². The van der Waals surface area contributed by atoms with E-state index in [9.17, 15) is 4.79 Å². The second-order valence-corrected chi connectivity index (χ2v) is 7.91. The molecular weight excluding hydrogens is 300 g/mol. The maximum atomic E-state index is 12.3. The van der Waals surface area contributed by atoms with Crippen molar-refractivity contribution in [1.29, 1.82) is 0 Å². The summed E-state index contributed by atoms with van der Waals surface area (Å²) in [5.74, 6) is 3.33. The lowest BCUT2D eigenvalue weighted by molar-refractivity contribution is -0.0133. The van der Waals surface area contributed by atoms with E-state index in [0.717, 1.165) is 29.1 Å². The predicted octanol–water partition coefficient (Wildman–Crippen LogP) is 3.93. The number of hydrogen-bond acceptors (Lipinski definition) is 2. The molecule has 4 heteroatoms. The number of nitrogens with one attached hydrogen (secondary N) is 2. The minimum absolute atomic E-state index is 0.0582. The molecule has 0 spiro atoms. The van der Waals surface area contributed by atoms with E-state index in [-0.39, 0.29) is 11.6 Å². The van der Waals surface area contributed by atoms with Gasteiger partial charge in [-0.15, -0.1) is 0 Å². The van der Waals surface area contributed by atoms with Crippen LogP contribution in [0.25, 0.3) is 6.08 Å². The van der Waals surface area contributed by atoms with Crippen LogP contribution in [0.2, 0.25) is 0 Å². The van der Waals surface area contributed by atoms with Crippen LogP contribution in [-0.4, -0.2) is 18.7 Å². The molecule has 0 heterocycles. The van der Waals surface area contributed by atoms with Gasteiger partial charge in [0.05, 0.1) is 7.11 Å². The molecule has 24 heavy (non-hydrogen) atoms. The van der Waals surface area contributed by atoms with Gasteiger partial charge >= 0.3 is 6.03 Å². The van der Waals surface area contributed by atoms with Gasteiger partial charge < -0.3 is 15.4 Å². The van der Waals surface area contributed by atoms with Gasteiger partial charge in [0.15, 0.2) is 0 Å². The average molecular weight is 326 g/mol. The second kappa shape index (κ2) is 6.15. The van der Waals surface area contributed by atoms with Crippen LogP contribution in [0.1, 0.15) is 44.1 Å². The van der Waals surface area contributed by atoms with Crippen molar-refractivity contribution in [1.82, 2.24) is 10.6 Å². The Morgan fingerprint density at radius 1 is 1.17 bits per heavy atom. The van der Waals surface area contributed by atoms with Gasteiger partial charge in [-0.1, -0.05) is 12.1 Å². The van der Waals surface area contributed by atoms with Crippen LogP contribution in [0, 0.1) is 17.8 Å². The molecule has 128 valence electrons. The molecule has 0 radical (unpaired) electrons. The Morgan fingerprint density at radius 2 is 1.83 bits per heavy atom. The second-order valence-electron chi connectivity index (χ2n) is 7.91. The highest BCUT2D eigenvalue weighted by Gasteiger charge is 2.51. The fraction of sp³-hybridized carbons (Fsp3) is 0.550. The Bertz CT molecular complexity index is 618. The summed E-state index contributed by atoms with van der Waals surface area (Å²) in [7, 11) is 1.65. The molecule has 0 saturated heterocycles. The van der Waals surface area contributed by atoms with Gasteiger partial charge in [0.25, 0.3) is 0 Å².